The smallest absolute Gasteiger partial charge is 0.251 e. The number of hydrogen-bond acceptors (Lipinski definition) is 2. The van der Waals surface area contributed by atoms with E-state index in [0.29, 0.717) is 5.56 Å². The Balaban J connectivity index is 2.10. The highest BCUT2D eigenvalue weighted by Crippen LogP contribution is 2.19. The third-order valence-corrected chi connectivity index (χ3v) is 5.02. The second kappa shape index (κ2) is 9.53. The standard InChI is InChI=1S/C21H25BrN2O2/c1-4-14(2)19(24-20(25)16-9-6-5-7-10-16)21(26)23-15(3)17-11-8-12-18(22)13-17/h5-15,19H,4H2,1-3H3,(H,23,26)(H,24,25). The predicted molar refractivity (Wildman–Crippen MR) is 108 cm³/mol. The molecule has 0 aliphatic rings. The minimum absolute atomic E-state index is 0.0253. The number of carbonyl (C=O) groups excluding carboxylic acids is 2. The first-order valence-corrected chi connectivity index (χ1v) is 9.63. The van der Waals surface area contributed by atoms with Gasteiger partial charge in [0.25, 0.3) is 5.91 Å². The van der Waals surface area contributed by atoms with E-state index in [1.54, 1.807) is 12.1 Å². The minimum atomic E-state index is -0.581. The zero-order valence-electron chi connectivity index (χ0n) is 15.3. The van der Waals surface area contributed by atoms with Crippen LogP contribution in [0.15, 0.2) is 59.1 Å². The van der Waals surface area contributed by atoms with Crippen LogP contribution in [-0.4, -0.2) is 17.9 Å². The van der Waals surface area contributed by atoms with Crippen LogP contribution in [0.4, 0.5) is 0 Å². The van der Waals surface area contributed by atoms with Gasteiger partial charge in [0, 0.05) is 10.0 Å². The van der Waals surface area contributed by atoms with Gasteiger partial charge in [0.15, 0.2) is 0 Å². The quantitative estimate of drug-likeness (QED) is 0.699. The van der Waals surface area contributed by atoms with E-state index in [0.717, 1.165) is 16.5 Å². The summed E-state index contributed by atoms with van der Waals surface area (Å²) in [4.78, 5) is 25.3. The summed E-state index contributed by atoms with van der Waals surface area (Å²) in [7, 11) is 0. The Labute approximate surface area is 163 Å². The second-order valence-electron chi connectivity index (χ2n) is 6.49. The number of benzene rings is 2. The van der Waals surface area contributed by atoms with Gasteiger partial charge in [0.1, 0.15) is 6.04 Å². The molecule has 26 heavy (non-hydrogen) atoms. The third kappa shape index (κ3) is 5.43. The van der Waals surface area contributed by atoms with Crippen molar-refractivity contribution in [2.75, 3.05) is 0 Å². The molecule has 0 heterocycles. The topological polar surface area (TPSA) is 58.2 Å². The normalized spacial score (nSPS) is 14.2. The highest BCUT2D eigenvalue weighted by Gasteiger charge is 2.27. The molecule has 4 nitrogen and oxygen atoms in total. The summed E-state index contributed by atoms with van der Waals surface area (Å²) in [5.41, 5.74) is 1.55. The number of rotatable bonds is 7. The molecule has 5 heteroatoms. The molecular formula is C21H25BrN2O2. The van der Waals surface area contributed by atoms with E-state index in [1.165, 1.54) is 0 Å². The van der Waals surface area contributed by atoms with Crippen molar-refractivity contribution in [2.45, 2.75) is 39.3 Å². The zero-order chi connectivity index (χ0) is 19.1. The first kappa shape index (κ1) is 20.2. The maximum Gasteiger partial charge on any atom is 0.251 e. The first-order valence-electron chi connectivity index (χ1n) is 8.84. The maximum atomic E-state index is 12.8. The number of hydrogen-bond donors (Lipinski definition) is 2. The van der Waals surface area contributed by atoms with Crippen molar-refractivity contribution in [3.05, 3.63) is 70.2 Å². The lowest BCUT2D eigenvalue weighted by Gasteiger charge is -2.25. The molecule has 0 bridgehead atoms. The van der Waals surface area contributed by atoms with Gasteiger partial charge in [-0.2, -0.15) is 0 Å². The lowest BCUT2D eigenvalue weighted by atomic mass is 9.97. The van der Waals surface area contributed by atoms with Crippen LogP contribution < -0.4 is 10.6 Å². The summed E-state index contributed by atoms with van der Waals surface area (Å²) in [5, 5.41) is 5.91. The Morgan fingerprint density at radius 1 is 1.00 bits per heavy atom. The lowest BCUT2D eigenvalue weighted by molar-refractivity contribution is -0.124. The fourth-order valence-electron chi connectivity index (χ4n) is 2.68. The van der Waals surface area contributed by atoms with Gasteiger partial charge in [-0.1, -0.05) is 66.5 Å². The van der Waals surface area contributed by atoms with Gasteiger partial charge < -0.3 is 10.6 Å². The van der Waals surface area contributed by atoms with Crippen LogP contribution in [0.1, 0.15) is 49.2 Å². The van der Waals surface area contributed by atoms with Gasteiger partial charge in [0.2, 0.25) is 5.91 Å². The molecule has 2 rings (SSSR count). The monoisotopic (exact) mass is 416 g/mol. The van der Waals surface area contributed by atoms with E-state index >= 15 is 0 Å². The summed E-state index contributed by atoms with van der Waals surface area (Å²) in [6.45, 7) is 5.92. The lowest BCUT2D eigenvalue weighted by Crippen LogP contribution is -2.50. The SMILES string of the molecule is CCC(C)C(NC(=O)c1ccccc1)C(=O)NC(C)c1cccc(Br)c1. The first-order chi connectivity index (χ1) is 12.4. The van der Waals surface area contributed by atoms with Crippen LogP contribution in [0.25, 0.3) is 0 Å². The van der Waals surface area contributed by atoms with Crippen molar-refractivity contribution >= 4 is 27.7 Å². The minimum Gasteiger partial charge on any atom is -0.348 e. The number of nitrogens with one attached hydrogen (secondary N) is 2. The molecule has 138 valence electrons. The van der Waals surface area contributed by atoms with Gasteiger partial charge in [0.05, 0.1) is 6.04 Å². The van der Waals surface area contributed by atoms with Crippen molar-refractivity contribution in [2.24, 2.45) is 5.92 Å². The van der Waals surface area contributed by atoms with E-state index in [-0.39, 0.29) is 23.8 Å². The maximum absolute atomic E-state index is 12.8. The number of carbonyl (C=O) groups is 2. The van der Waals surface area contributed by atoms with Crippen molar-refractivity contribution in [1.29, 1.82) is 0 Å². The average Bonchev–Trinajstić information content (AvgIpc) is 2.65. The van der Waals surface area contributed by atoms with Crippen LogP contribution in [0.2, 0.25) is 0 Å². The fraction of sp³-hybridized carbons (Fsp3) is 0.333. The Kier molecular flexibility index (Phi) is 7.39. The molecule has 0 spiro atoms. The summed E-state index contributed by atoms with van der Waals surface area (Å²) in [5.74, 6) is -0.380. The summed E-state index contributed by atoms with van der Waals surface area (Å²) in [6, 6.07) is 16.0. The van der Waals surface area contributed by atoms with E-state index in [9.17, 15) is 9.59 Å². The van der Waals surface area contributed by atoms with Gasteiger partial charge >= 0.3 is 0 Å². The summed E-state index contributed by atoms with van der Waals surface area (Å²) < 4.78 is 0.965. The number of amides is 2. The molecule has 0 saturated carbocycles. The Bertz CT molecular complexity index is 749. The summed E-state index contributed by atoms with van der Waals surface area (Å²) >= 11 is 3.45. The molecule has 0 aliphatic carbocycles. The Morgan fingerprint density at radius 3 is 2.31 bits per heavy atom. The molecule has 2 aromatic rings. The Hall–Kier alpha value is -2.14. The Morgan fingerprint density at radius 2 is 1.69 bits per heavy atom. The molecule has 2 aromatic carbocycles. The summed E-state index contributed by atoms with van der Waals surface area (Å²) in [6.07, 6.45) is 0.790. The van der Waals surface area contributed by atoms with E-state index in [4.69, 9.17) is 0 Å². The van der Waals surface area contributed by atoms with Crippen LogP contribution in [0.3, 0.4) is 0 Å². The number of halogens is 1. The average molecular weight is 417 g/mol. The van der Waals surface area contributed by atoms with Crippen molar-refractivity contribution < 1.29 is 9.59 Å². The largest absolute Gasteiger partial charge is 0.348 e. The third-order valence-electron chi connectivity index (χ3n) is 4.53. The van der Waals surface area contributed by atoms with Crippen LogP contribution in [-0.2, 0) is 4.79 Å². The molecule has 3 atom stereocenters. The van der Waals surface area contributed by atoms with Gasteiger partial charge in [-0.25, -0.2) is 0 Å². The zero-order valence-corrected chi connectivity index (χ0v) is 16.9. The molecule has 0 saturated heterocycles. The van der Waals surface area contributed by atoms with Gasteiger partial charge in [-0.3, -0.25) is 9.59 Å². The molecule has 0 fully saturated rings. The van der Waals surface area contributed by atoms with E-state index in [2.05, 4.69) is 26.6 Å². The van der Waals surface area contributed by atoms with Crippen LogP contribution in [0, 0.1) is 5.92 Å². The fourth-order valence-corrected chi connectivity index (χ4v) is 3.10. The van der Waals surface area contributed by atoms with E-state index in [1.807, 2.05) is 63.2 Å². The van der Waals surface area contributed by atoms with Crippen molar-refractivity contribution in [3.63, 3.8) is 0 Å². The van der Waals surface area contributed by atoms with Gasteiger partial charge in [-0.05, 0) is 42.7 Å². The molecule has 0 aromatic heterocycles. The highest BCUT2D eigenvalue weighted by molar-refractivity contribution is 9.10. The second-order valence-corrected chi connectivity index (χ2v) is 7.40. The molecule has 2 amide bonds. The molecule has 0 aliphatic heterocycles. The van der Waals surface area contributed by atoms with E-state index < -0.39 is 6.04 Å². The molecule has 0 radical (unpaired) electrons. The van der Waals surface area contributed by atoms with Crippen LogP contribution >= 0.6 is 15.9 Å². The highest BCUT2D eigenvalue weighted by atomic mass is 79.9. The van der Waals surface area contributed by atoms with Gasteiger partial charge in [-0.15, -0.1) is 0 Å². The molecule has 2 N–H and O–H groups in total. The molecule has 3 unspecified atom stereocenters. The van der Waals surface area contributed by atoms with Crippen molar-refractivity contribution in [3.8, 4) is 0 Å². The van der Waals surface area contributed by atoms with Crippen LogP contribution in [0.5, 0.6) is 0 Å². The van der Waals surface area contributed by atoms with Crippen molar-refractivity contribution in [1.82, 2.24) is 10.6 Å². The predicted octanol–water partition coefficient (Wildman–Crippen LogP) is 4.47. The molecular weight excluding hydrogens is 392 g/mol.